The lowest BCUT2D eigenvalue weighted by atomic mass is 10.1. The Morgan fingerprint density at radius 1 is 1.53 bits per heavy atom. The molecular weight excluding hydrogens is 222 g/mol. The van der Waals surface area contributed by atoms with Gasteiger partial charge < -0.3 is 16.4 Å². The van der Waals surface area contributed by atoms with E-state index in [4.69, 9.17) is 11.5 Å². The van der Waals surface area contributed by atoms with Crippen LogP contribution in [0.2, 0.25) is 0 Å². The monoisotopic (exact) mass is 237 g/mol. The zero-order chi connectivity index (χ0) is 12.6. The highest BCUT2D eigenvalue weighted by Gasteiger charge is 2.32. The number of H-pyrrole nitrogens is 1. The summed E-state index contributed by atoms with van der Waals surface area (Å²) < 4.78 is 0. The van der Waals surface area contributed by atoms with Crippen LogP contribution in [0.3, 0.4) is 0 Å². The average molecular weight is 237 g/mol. The molecule has 2 rings (SSSR count). The Balaban J connectivity index is 2.15. The number of aromatic nitrogens is 2. The van der Waals surface area contributed by atoms with Crippen molar-refractivity contribution in [3.63, 3.8) is 0 Å². The summed E-state index contributed by atoms with van der Waals surface area (Å²) in [4.78, 5) is 24.8. The number of nitrogens with zero attached hydrogens (tertiary/aromatic N) is 2. The summed E-state index contributed by atoms with van der Waals surface area (Å²) in [7, 11) is 0. The third kappa shape index (κ3) is 1.95. The third-order valence-electron chi connectivity index (χ3n) is 3.07. The van der Waals surface area contributed by atoms with Crippen molar-refractivity contribution in [1.82, 2.24) is 15.1 Å². The molecule has 0 bridgehead atoms. The van der Waals surface area contributed by atoms with Crippen LogP contribution in [0.15, 0.2) is 0 Å². The van der Waals surface area contributed by atoms with Gasteiger partial charge in [-0.15, -0.1) is 0 Å². The Hall–Kier alpha value is -2.05. The third-order valence-corrected chi connectivity index (χ3v) is 3.07. The molecule has 1 aliphatic heterocycles. The second-order valence-corrected chi connectivity index (χ2v) is 4.25. The van der Waals surface area contributed by atoms with Crippen LogP contribution in [0.1, 0.15) is 22.5 Å². The number of amides is 2. The van der Waals surface area contributed by atoms with Gasteiger partial charge in [0.05, 0.1) is 5.92 Å². The standard InChI is InChI=1S/C10H15N5O2/c1-5-7(8(11)14-13-5)10(17)15-3-2-6(4-15)9(12)16/h6H,2-4H2,1H3,(H2,12,16)(H3,11,13,14). The van der Waals surface area contributed by atoms with Crippen LogP contribution in [0.4, 0.5) is 5.82 Å². The van der Waals surface area contributed by atoms with Crippen LogP contribution in [0.25, 0.3) is 0 Å². The summed E-state index contributed by atoms with van der Waals surface area (Å²) in [6.07, 6.45) is 0.609. The first-order valence-corrected chi connectivity index (χ1v) is 5.39. The van der Waals surface area contributed by atoms with E-state index < -0.39 is 0 Å². The highest BCUT2D eigenvalue weighted by atomic mass is 16.2. The van der Waals surface area contributed by atoms with Crippen molar-refractivity contribution >= 4 is 17.6 Å². The Morgan fingerprint density at radius 3 is 2.71 bits per heavy atom. The fraction of sp³-hybridized carbons (Fsp3) is 0.500. The number of carbonyl (C=O) groups is 2. The SMILES string of the molecule is Cc1[nH]nc(N)c1C(=O)N1CCC(C(N)=O)C1. The van der Waals surface area contributed by atoms with Crippen molar-refractivity contribution in [1.29, 1.82) is 0 Å². The molecule has 1 aliphatic rings. The number of likely N-dealkylation sites (tertiary alicyclic amines) is 1. The number of rotatable bonds is 2. The molecule has 2 heterocycles. The molecule has 7 heteroatoms. The molecule has 1 saturated heterocycles. The van der Waals surface area contributed by atoms with Crippen LogP contribution in [-0.2, 0) is 4.79 Å². The molecule has 0 saturated carbocycles. The van der Waals surface area contributed by atoms with Gasteiger partial charge in [-0.2, -0.15) is 5.10 Å². The zero-order valence-electron chi connectivity index (χ0n) is 9.56. The van der Waals surface area contributed by atoms with Crippen LogP contribution in [-0.4, -0.2) is 40.0 Å². The summed E-state index contributed by atoms with van der Waals surface area (Å²) in [5.41, 5.74) is 11.9. The lowest BCUT2D eigenvalue weighted by Gasteiger charge is -2.15. The molecule has 2 amide bonds. The highest BCUT2D eigenvalue weighted by Crippen LogP contribution is 2.21. The van der Waals surface area contributed by atoms with Gasteiger partial charge in [0.2, 0.25) is 5.91 Å². The summed E-state index contributed by atoms with van der Waals surface area (Å²) >= 11 is 0. The molecule has 92 valence electrons. The molecule has 0 aromatic carbocycles. The number of hydrogen-bond acceptors (Lipinski definition) is 4. The van der Waals surface area contributed by atoms with Gasteiger partial charge in [-0.05, 0) is 13.3 Å². The normalized spacial score (nSPS) is 19.6. The smallest absolute Gasteiger partial charge is 0.259 e. The summed E-state index contributed by atoms with van der Waals surface area (Å²) in [6, 6.07) is 0. The van der Waals surface area contributed by atoms with Gasteiger partial charge in [0.1, 0.15) is 5.56 Å². The number of primary amides is 1. The van der Waals surface area contributed by atoms with Gasteiger partial charge in [-0.25, -0.2) is 0 Å². The van der Waals surface area contributed by atoms with Gasteiger partial charge in [-0.1, -0.05) is 0 Å². The van der Waals surface area contributed by atoms with Crippen LogP contribution in [0, 0.1) is 12.8 Å². The molecule has 1 atom stereocenters. The molecule has 1 unspecified atom stereocenters. The first-order valence-electron chi connectivity index (χ1n) is 5.39. The van der Waals surface area contributed by atoms with Crippen molar-refractivity contribution in [2.24, 2.45) is 11.7 Å². The van der Waals surface area contributed by atoms with E-state index in [0.29, 0.717) is 30.8 Å². The quantitative estimate of drug-likeness (QED) is 0.627. The Kier molecular flexibility index (Phi) is 2.74. The average Bonchev–Trinajstić information content (AvgIpc) is 2.85. The second kappa shape index (κ2) is 4.08. The fourth-order valence-corrected chi connectivity index (χ4v) is 2.05. The number of aryl methyl sites for hydroxylation is 1. The van der Waals surface area contributed by atoms with Gasteiger partial charge in [-0.3, -0.25) is 14.7 Å². The molecule has 1 fully saturated rings. The van der Waals surface area contributed by atoms with E-state index in [-0.39, 0.29) is 23.6 Å². The minimum atomic E-state index is -0.364. The summed E-state index contributed by atoms with van der Waals surface area (Å²) in [6.45, 7) is 2.62. The summed E-state index contributed by atoms with van der Waals surface area (Å²) in [5.74, 6) is -0.628. The first-order chi connectivity index (χ1) is 8.00. The molecule has 0 spiro atoms. The zero-order valence-corrected chi connectivity index (χ0v) is 9.56. The van der Waals surface area contributed by atoms with Crippen molar-refractivity contribution < 1.29 is 9.59 Å². The van der Waals surface area contributed by atoms with Gasteiger partial charge in [0.25, 0.3) is 5.91 Å². The number of nitrogens with two attached hydrogens (primary N) is 2. The predicted octanol–water partition coefficient (Wildman–Crippen LogP) is -0.752. The topological polar surface area (TPSA) is 118 Å². The van der Waals surface area contributed by atoms with Gasteiger partial charge in [0, 0.05) is 18.8 Å². The molecule has 1 aromatic rings. The van der Waals surface area contributed by atoms with Gasteiger partial charge in [0.15, 0.2) is 5.82 Å². The molecule has 0 radical (unpaired) electrons. The van der Waals surface area contributed by atoms with Crippen LogP contribution < -0.4 is 11.5 Å². The largest absolute Gasteiger partial charge is 0.382 e. The number of anilines is 1. The highest BCUT2D eigenvalue weighted by molar-refractivity contribution is 6.00. The molecule has 17 heavy (non-hydrogen) atoms. The van der Waals surface area contributed by atoms with E-state index in [1.54, 1.807) is 11.8 Å². The van der Waals surface area contributed by atoms with Crippen LogP contribution >= 0.6 is 0 Å². The first kappa shape index (κ1) is 11.4. The number of carbonyl (C=O) groups excluding carboxylic acids is 2. The van der Waals surface area contributed by atoms with Crippen molar-refractivity contribution in [2.45, 2.75) is 13.3 Å². The Bertz CT molecular complexity index is 448. The maximum absolute atomic E-state index is 12.2. The maximum atomic E-state index is 12.2. The molecule has 7 nitrogen and oxygen atoms in total. The van der Waals surface area contributed by atoms with Crippen molar-refractivity contribution in [3.8, 4) is 0 Å². The predicted molar refractivity (Wildman–Crippen MR) is 60.9 cm³/mol. The Labute approximate surface area is 98.1 Å². The molecular formula is C10H15N5O2. The number of nitrogens with one attached hydrogen (secondary N) is 1. The fourth-order valence-electron chi connectivity index (χ4n) is 2.05. The summed E-state index contributed by atoms with van der Waals surface area (Å²) in [5, 5.41) is 6.44. The number of hydrogen-bond donors (Lipinski definition) is 3. The number of nitrogen functional groups attached to an aromatic ring is 1. The van der Waals surface area contributed by atoms with Crippen LogP contribution in [0.5, 0.6) is 0 Å². The molecule has 1 aromatic heterocycles. The minimum absolute atomic E-state index is 0.190. The van der Waals surface area contributed by atoms with Gasteiger partial charge >= 0.3 is 0 Å². The van der Waals surface area contributed by atoms with E-state index in [0.717, 1.165) is 0 Å². The number of aromatic amines is 1. The van der Waals surface area contributed by atoms with E-state index in [2.05, 4.69) is 10.2 Å². The van der Waals surface area contributed by atoms with E-state index in [1.165, 1.54) is 0 Å². The van der Waals surface area contributed by atoms with Crippen molar-refractivity contribution in [3.05, 3.63) is 11.3 Å². The molecule has 5 N–H and O–H groups in total. The van der Waals surface area contributed by atoms with Crippen molar-refractivity contribution in [2.75, 3.05) is 18.8 Å². The Morgan fingerprint density at radius 2 is 2.24 bits per heavy atom. The lowest BCUT2D eigenvalue weighted by Crippen LogP contribution is -2.32. The van der Waals surface area contributed by atoms with E-state index in [9.17, 15) is 9.59 Å². The second-order valence-electron chi connectivity index (χ2n) is 4.25. The van der Waals surface area contributed by atoms with E-state index in [1.807, 2.05) is 0 Å². The van der Waals surface area contributed by atoms with E-state index >= 15 is 0 Å². The minimum Gasteiger partial charge on any atom is -0.382 e. The maximum Gasteiger partial charge on any atom is 0.259 e. The molecule has 0 aliphatic carbocycles. The lowest BCUT2D eigenvalue weighted by molar-refractivity contribution is -0.121.